The summed E-state index contributed by atoms with van der Waals surface area (Å²) in [7, 11) is -3.13. The van der Waals surface area contributed by atoms with Crippen molar-refractivity contribution in [1.29, 1.82) is 0 Å². The first-order chi connectivity index (χ1) is 12.0. The van der Waals surface area contributed by atoms with Crippen LogP contribution >= 0.6 is 7.60 Å². The van der Waals surface area contributed by atoms with Crippen molar-refractivity contribution in [3.63, 3.8) is 0 Å². The molecule has 0 aliphatic rings. The standard InChI is InChI=1S/C18H22NO5P/c1-3-23-25(22,24-4-2)13-14-5-8-16(9-6-14)19-12-15-7-10-17(20)11-18(15)21/h5-12,20-21H,3-4,13H2,1-2H3. The predicted octanol–water partition coefficient (Wildman–Crippen LogP) is 4.61. The van der Waals surface area contributed by atoms with E-state index >= 15 is 0 Å². The molecular formula is C18H22NO5P. The van der Waals surface area contributed by atoms with Gasteiger partial charge in [-0.05, 0) is 43.7 Å². The lowest BCUT2D eigenvalue weighted by molar-refractivity contribution is 0.219. The molecule has 2 aromatic carbocycles. The zero-order chi connectivity index (χ0) is 18.3. The van der Waals surface area contributed by atoms with Crippen molar-refractivity contribution < 1.29 is 23.8 Å². The number of nitrogens with zero attached hydrogens (tertiary/aromatic N) is 1. The summed E-state index contributed by atoms with van der Waals surface area (Å²) in [6.07, 6.45) is 1.71. The lowest BCUT2D eigenvalue weighted by Gasteiger charge is -2.16. The molecule has 0 aliphatic carbocycles. The molecule has 0 saturated heterocycles. The third-order valence-electron chi connectivity index (χ3n) is 3.33. The number of hydrogen-bond acceptors (Lipinski definition) is 6. The molecule has 0 atom stereocenters. The fourth-order valence-electron chi connectivity index (χ4n) is 2.22. The summed E-state index contributed by atoms with van der Waals surface area (Å²) in [5, 5.41) is 19.0. The molecule has 134 valence electrons. The van der Waals surface area contributed by atoms with Gasteiger partial charge in [0.05, 0.1) is 25.1 Å². The Morgan fingerprint density at radius 2 is 1.68 bits per heavy atom. The molecule has 25 heavy (non-hydrogen) atoms. The third-order valence-corrected chi connectivity index (χ3v) is 5.39. The van der Waals surface area contributed by atoms with E-state index in [0.717, 1.165) is 5.56 Å². The van der Waals surface area contributed by atoms with Crippen LogP contribution in [0.5, 0.6) is 11.5 Å². The van der Waals surface area contributed by atoms with Crippen molar-refractivity contribution in [2.24, 2.45) is 4.99 Å². The van der Waals surface area contributed by atoms with Crippen LogP contribution in [0.25, 0.3) is 0 Å². The average molecular weight is 363 g/mol. The van der Waals surface area contributed by atoms with E-state index in [4.69, 9.17) is 9.05 Å². The van der Waals surface area contributed by atoms with Crippen LogP contribution < -0.4 is 0 Å². The van der Waals surface area contributed by atoms with E-state index in [1.807, 2.05) is 12.1 Å². The SMILES string of the molecule is CCOP(=O)(Cc1ccc(N=Cc2ccc(O)cc2O)cc1)OCC. The fraction of sp³-hybridized carbons (Fsp3) is 0.278. The van der Waals surface area contributed by atoms with Gasteiger partial charge < -0.3 is 19.3 Å². The Labute approximate surface area is 147 Å². The molecule has 0 fully saturated rings. The number of benzene rings is 2. The summed E-state index contributed by atoms with van der Waals surface area (Å²) in [5.74, 6) is -0.0539. The number of phenolic OH excluding ortho intramolecular Hbond substituents is 2. The monoisotopic (exact) mass is 363 g/mol. The second-order valence-electron chi connectivity index (χ2n) is 5.27. The number of hydrogen-bond donors (Lipinski definition) is 2. The van der Waals surface area contributed by atoms with Gasteiger partial charge in [0.15, 0.2) is 0 Å². The number of phenols is 2. The van der Waals surface area contributed by atoms with Gasteiger partial charge in [0, 0.05) is 17.8 Å². The van der Waals surface area contributed by atoms with Crippen LogP contribution in [-0.2, 0) is 19.8 Å². The molecule has 0 spiro atoms. The molecule has 2 rings (SSSR count). The number of aliphatic imine (C=N–C) groups is 1. The molecule has 0 radical (unpaired) electrons. The van der Waals surface area contributed by atoms with Crippen LogP contribution in [0.3, 0.4) is 0 Å². The molecule has 0 saturated carbocycles. The number of rotatable bonds is 8. The number of aromatic hydroxyl groups is 2. The summed E-state index contributed by atoms with van der Waals surface area (Å²) < 4.78 is 23.1. The van der Waals surface area contributed by atoms with E-state index < -0.39 is 7.60 Å². The Morgan fingerprint density at radius 1 is 1.04 bits per heavy atom. The molecule has 0 heterocycles. The maximum atomic E-state index is 12.5. The molecule has 7 heteroatoms. The van der Waals surface area contributed by atoms with Crippen LogP contribution in [0.1, 0.15) is 25.0 Å². The minimum Gasteiger partial charge on any atom is -0.508 e. The fourth-order valence-corrected chi connectivity index (χ4v) is 3.92. The van der Waals surface area contributed by atoms with Gasteiger partial charge in [-0.25, -0.2) is 0 Å². The molecule has 6 nitrogen and oxygen atoms in total. The summed E-state index contributed by atoms with van der Waals surface area (Å²) >= 11 is 0. The molecule has 0 amide bonds. The minimum atomic E-state index is -3.13. The zero-order valence-electron chi connectivity index (χ0n) is 14.3. The summed E-state index contributed by atoms with van der Waals surface area (Å²) in [4.78, 5) is 4.28. The molecule has 2 N–H and O–H groups in total. The maximum Gasteiger partial charge on any atom is 0.335 e. The average Bonchev–Trinajstić information content (AvgIpc) is 2.56. The van der Waals surface area contributed by atoms with Crippen molar-refractivity contribution in [3.8, 4) is 11.5 Å². The van der Waals surface area contributed by atoms with Crippen molar-refractivity contribution in [2.75, 3.05) is 13.2 Å². The highest BCUT2D eigenvalue weighted by Gasteiger charge is 2.23. The van der Waals surface area contributed by atoms with Gasteiger partial charge in [-0.2, -0.15) is 0 Å². The Balaban J connectivity index is 2.09. The highest BCUT2D eigenvalue weighted by Crippen LogP contribution is 2.51. The highest BCUT2D eigenvalue weighted by atomic mass is 31.2. The Morgan fingerprint density at radius 3 is 2.24 bits per heavy atom. The van der Waals surface area contributed by atoms with E-state index in [-0.39, 0.29) is 17.7 Å². The third kappa shape index (κ3) is 5.71. The van der Waals surface area contributed by atoms with Crippen LogP contribution in [0, 0.1) is 0 Å². The molecule has 0 aliphatic heterocycles. The van der Waals surface area contributed by atoms with Crippen LogP contribution in [0.2, 0.25) is 0 Å². The van der Waals surface area contributed by atoms with Gasteiger partial charge in [-0.1, -0.05) is 12.1 Å². The van der Waals surface area contributed by atoms with Gasteiger partial charge in [-0.3, -0.25) is 9.56 Å². The van der Waals surface area contributed by atoms with Gasteiger partial charge in [0.2, 0.25) is 0 Å². The highest BCUT2D eigenvalue weighted by molar-refractivity contribution is 7.53. The normalized spacial score (nSPS) is 11.9. The van der Waals surface area contributed by atoms with E-state index in [1.54, 1.807) is 32.0 Å². The molecule has 0 aromatic heterocycles. The zero-order valence-corrected chi connectivity index (χ0v) is 15.1. The van der Waals surface area contributed by atoms with E-state index in [2.05, 4.69) is 4.99 Å². The Hall–Kier alpha value is -2.14. The first-order valence-electron chi connectivity index (χ1n) is 7.99. The van der Waals surface area contributed by atoms with E-state index in [1.165, 1.54) is 18.3 Å². The minimum absolute atomic E-state index is 0.00738. The summed E-state index contributed by atoms with van der Waals surface area (Å²) in [6, 6.07) is 11.5. The Bertz CT molecular complexity index is 764. The lowest BCUT2D eigenvalue weighted by Crippen LogP contribution is -1.98. The predicted molar refractivity (Wildman–Crippen MR) is 98.0 cm³/mol. The largest absolute Gasteiger partial charge is 0.508 e. The second-order valence-corrected chi connectivity index (χ2v) is 7.33. The summed E-state index contributed by atoms with van der Waals surface area (Å²) in [5.41, 5.74) is 2.01. The van der Waals surface area contributed by atoms with Crippen molar-refractivity contribution >= 4 is 19.5 Å². The van der Waals surface area contributed by atoms with Crippen LogP contribution in [0.15, 0.2) is 47.5 Å². The molecule has 2 aromatic rings. The lowest BCUT2D eigenvalue weighted by atomic mass is 10.2. The van der Waals surface area contributed by atoms with Crippen molar-refractivity contribution in [3.05, 3.63) is 53.6 Å². The topological polar surface area (TPSA) is 88.4 Å². The second kappa shape index (κ2) is 8.81. The smallest absolute Gasteiger partial charge is 0.335 e. The van der Waals surface area contributed by atoms with E-state index in [9.17, 15) is 14.8 Å². The maximum absolute atomic E-state index is 12.5. The molecule has 0 unspecified atom stereocenters. The van der Waals surface area contributed by atoms with Gasteiger partial charge in [0.1, 0.15) is 11.5 Å². The van der Waals surface area contributed by atoms with Gasteiger partial charge >= 0.3 is 7.60 Å². The van der Waals surface area contributed by atoms with Crippen LogP contribution in [0.4, 0.5) is 5.69 Å². The quantitative estimate of drug-likeness (QED) is 0.528. The Kier molecular flexibility index (Phi) is 6.76. The molecule has 0 bridgehead atoms. The molecular weight excluding hydrogens is 341 g/mol. The van der Waals surface area contributed by atoms with Crippen molar-refractivity contribution in [2.45, 2.75) is 20.0 Å². The summed E-state index contributed by atoms with van der Waals surface area (Å²) in [6.45, 7) is 4.22. The first-order valence-corrected chi connectivity index (χ1v) is 9.71. The van der Waals surface area contributed by atoms with Gasteiger partial charge in [0.25, 0.3) is 0 Å². The van der Waals surface area contributed by atoms with Crippen LogP contribution in [-0.4, -0.2) is 29.6 Å². The van der Waals surface area contributed by atoms with Gasteiger partial charge in [-0.15, -0.1) is 0 Å². The van der Waals surface area contributed by atoms with Crippen molar-refractivity contribution in [1.82, 2.24) is 0 Å². The van der Waals surface area contributed by atoms with E-state index in [0.29, 0.717) is 24.5 Å². The first kappa shape index (κ1) is 19.2.